The van der Waals surface area contributed by atoms with Crippen molar-refractivity contribution in [1.82, 2.24) is 9.78 Å². The van der Waals surface area contributed by atoms with E-state index < -0.39 is 11.0 Å². The number of hydrogen-bond donors (Lipinski definition) is 2. The Morgan fingerprint density at radius 1 is 1.93 bits per heavy atom. The van der Waals surface area contributed by atoms with Gasteiger partial charge in [0.1, 0.15) is 18.4 Å². The summed E-state index contributed by atoms with van der Waals surface area (Å²) in [5, 5.41) is 25.5. The molecule has 0 aliphatic heterocycles. The lowest BCUT2D eigenvalue weighted by Crippen LogP contribution is -2.26. The van der Waals surface area contributed by atoms with Crippen molar-refractivity contribution in [2.75, 3.05) is 0 Å². The zero-order valence-corrected chi connectivity index (χ0v) is 8.07. The van der Waals surface area contributed by atoms with Crippen LogP contribution in [0.15, 0.2) is 17.5 Å². The molecule has 0 aliphatic carbocycles. The highest BCUT2D eigenvalue weighted by Crippen LogP contribution is 2.15. The minimum Gasteiger partial charge on any atom is -0.409 e. The van der Waals surface area contributed by atoms with E-state index in [1.54, 1.807) is 6.92 Å². The van der Waals surface area contributed by atoms with E-state index in [-0.39, 0.29) is 11.5 Å². The first kappa shape index (κ1) is 11.0. The van der Waals surface area contributed by atoms with Gasteiger partial charge in [-0.2, -0.15) is 5.10 Å². The van der Waals surface area contributed by atoms with Crippen LogP contribution >= 0.6 is 0 Å². The molecule has 1 aromatic rings. The van der Waals surface area contributed by atoms with E-state index in [4.69, 9.17) is 10.9 Å². The van der Waals surface area contributed by atoms with Gasteiger partial charge in [-0.05, 0) is 6.42 Å². The smallest absolute Gasteiger partial charge is 0.307 e. The van der Waals surface area contributed by atoms with E-state index in [1.165, 1.54) is 10.9 Å². The number of nitrogens with zero attached hydrogens (tertiary/aromatic N) is 4. The molecule has 3 N–H and O–H groups in total. The maximum Gasteiger partial charge on any atom is 0.307 e. The highest BCUT2D eigenvalue weighted by atomic mass is 16.6. The summed E-state index contributed by atoms with van der Waals surface area (Å²) < 4.78 is 1.30. The van der Waals surface area contributed by atoms with Crippen molar-refractivity contribution in [3.8, 4) is 0 Å². The van der Waals surface area contributed by atoms with Crippen molar-refractivity contribution in [1.29, 1.82) is 0 Å². The van der Waals surface area contributed by atoms with Crippen LogP contribution in [0.4, 0.5) is 5.69 Å². The number of nitro groups is 1. The topological polar surface area (TPSA) is 120 Å². The summed E-state index contributed by atoms with van der Waals surface area (Å²) >= 11 is 0. The van der Waals surface area contributed by atoms with Crippen LogP contribution in [-0.2, 0) is 0 Å². The molecule has 1 heterocycles. The summed E-state index contributed by atoms with van der Waals surface area (Å²) in [4.78, 5) is 9.85. The van der Waals surface area contributed by atoms with E-state index in [0.717, 1.165) is 6.20 Å². The molecule has 0 bridgehead atoms. The Morgan fingerprint density at radius 3 is 3.00 bits per heavy atom. The molecular formula is C7H11N5O3. The molecule has 0 saturated heterocycles. The summed E-state index contributed by atoms with van der Waals surface area (Å²) in [6.45, 7) is 1.80. The number of aromatic nitrogens is 2. The minimum atomic E-state index is -0.553. The van der Waals surface area contributed by atoms with Gasteiger partial charge in [0.25, 0.3) is 0 Å². The number of rotatable bonds is 4. The van der Waals surface area contributed by atoms with E-state index in [0.29, 0.717) is 6.42 Å². The number of hydrogen-bond acceptors (Lipinski definition) is 5. The highest BCUT2D eigenvalue weighted by molar-refractivity contribution is 5.83. The van der Waals surface area contributed by atoms with E-state index in [9.17, 15) is 10.1 Å². The van der Waals surface area contributed by atoms with Crippen LogP contribution in [-0.4, -0.2) is 25.7 Å². The van der Waals surface area contributed by atoms with Gasteiger partial charge in [-0.25, -0.2) is 0 Å². The summed E-state index contributed by atoms with van der Waals surface area (Å²) in [7, 11) is 0. The van der Waals surface area contributed by atoms with Gasteiger partial charge in [0.05, 0.1) is 4.92 Å². The zero-order valence-electron chi connectivity index (χ0n) is 8.07. The standard InChI is InChI=1S/C7H11N5O3/c1-2-6(7(8)10-13)11-4-5(3-9-11)12(14)15/h3-4,6,13H,2H2,1H3,(H2,8,10). The van der Waals surface area contributed by atoms with Crippen LogP contribution in [0.3, 0.4) is 0 Å². The van der Waals surface area contributed by atoms with Crippen LogP contribution < -0.4 is 5.73 Å². The molecule has 0 aromatic carbocycles. The molecule has 0 aliphatic rings. The third kappa shape index (κ3) is 2.22. The quantitative estimate of drug-likeness (QED) is 0.248. The first-order chi connectivity index (χ1) is 7.10. The minimum absolute atomic E-state index is 0.0319. The molecule has 1 rings (SSSR count). The molecule has 1 aromatic heterocycles. The lowest BCUT2D eigenvalue weighted by atomic mass is 10.2. The van der Waals surface area contributed by atoms with Gasteiger partial charge >= 0.3 is 5.69 Å². The van der Waals surface area contributed by atoms with Gasteiger partial charge in [-0.15, -0.1) is 0 Å². The molecular weight excluding hydrogens is 202 g/mol. The second kappa shape index (κ2) is 4.40. The van der Waals surface area contributed by atoms with Crippen molar-refractivity contribution in [2.24, 2.45) is 10.9 Å². The fraction of sp³-hybridized carbons (Fsp3) is 0.429. The van der Waals surface area contributed by atoms with Crippen molar-refractivity contribution in [3.05, 3.63) is 22.5 Å². The van der Waals surface area contributed by atoms with Gasteiger partial charge in [0, 0.05) is 0 Å². The molecule has 82 valence electrons. The monoisotopic (exact) mass is 213 g/mol. The normalized spacial score (nSPS) is 13.8. The van der Waals surface area contributed by atoms with E-state index in [2.05, 4.69) is 10.3 Å². The van der Waals surface area contributed by atoms with Gasteiger partial charge in [0.2, 0.25) is 0 Å². The average molecular weight is 213 g/mol. The third-order valence-electron chi connectivity index (χ3n) is 1.96. The molecule has 15 heavy (non-hydrogen) atoms. The van der Waals surface area contributed by atoms with Crippen molar-refractivity contribution in [3.63, 3.8) is 0 Å². The summed E-state index contributed by atoms with van der Waals surface area (Å²) in [6.07, 6.45) is 2.88. The zero-order chi connectivity index (χ0) is 11.4. The fourth-order valence-corrected chi connectivity index (χ4v) is 1.19. The number of oxime groups is 1. The second-order valence-corrected chi connectivity index (χ2v) is 2.88. The van der Waals surface area contributed by atoms with Gasteiger partial charge in [-0.3, -0.25) is 14.8 Å². The van der Waals surface area contributed by atoms with Crippen LogP contribution in [0.25, 0.3) is 0 Å². The first-order valence-corrected chi connectivity index (χ1v) is 4.26. The SMILES string of the molecule is CCC(/C(N)=N/O)n1cc([N+](=O)[O-])cn1. The predicted molar refractivity (Wildman–Crippen MR) is 51.6 cm³/mol. The Balaban J connectivity index is 2.98. The Kier molecular flexibility index (Phi) is 3.21. The molecule has 1 unspecified atom stereocenters. The summed E-state index contributed by atoms with van der Waals surface area (Å²) in [6, 6.07) is -0.469. The van der Waals surface area contributed by atoms with Crippen molar-refractivity contribution < 1.29 is 10.1 Å². The van der Waals surface area contributed by atoms with Crippen LogP contribution in [0.2, 0.25) is 0 Å². The molecule has 1 atom stereocenters. The molecule has 8 nitrogen and oxygen atoms in total. The van der Waals surface area contributed by atoms with E-state index >= 15 is 0 Å². The van der Waals surface area contributed by atoms with E-state index in [1.807, 2.05) is 0 Å². The second-order valence-electron chi connectivity index (χ2n) is 2.88. The molecule has 8 heteroatoms. The maximum absolute atomic E-state index is 10.4. The largest absolute Gasteiger partial charge is 0.409 e. The van der Waals surface area contributed by atoms with Gasteiger partial charge in [-0.1, -0.05) is 12.1 Å². The molecule has 0 radical (unpaired) electrons. The van der Waals surface area contributed by atoms with Gasteiger partial charge < -0.3 is 10.9 Å². The fourth-order valence-electron chi connectivity index (χ4n) is 1.19. The average Bonchev–Trinajstić information content (AvgIpc) is 2.68. The van der Waals surface area contributed by atoms with Crippen LogP contribution in [0.5, 0.6) is 0 Å². The molecule has 0 saturated carbocycles. The van der Waals surface area contributed by atoms with Crippen LogP contribution in [0.1, 0.15) is 19.4 Å². The third-order valence-corrected chi connectivity index (χ3v) is 1.96. The maximum atomic E-state index is 10.4. The highest BCUT2D eigenvalue weighted by Gasteiger charge is 2.18. The lowest BCUT2D eigenvalue weighted by Gasteiger charge is -2.12. The first-order valence-electron chi connectivity index (χ1n) is 4.26. The van der Waals surface area contributed by atoms with Gasteiger partial charge in [0.15, 0.2) is 5.84 Å². The predicted octanol–water partition coefficient (Wildman–Crippen LogP) is 0.489. The Morgan fingerprint density at radius 2 is 2.60 bits per heavy atom. The Bertz CT molecular complexity index is 386. The summed E-state index contributed by atoms with van der Waals surface area (Å²) in [5.74, 6) is -0.0319. The summed E-state index contributed by atoms with van der Waals surface area (Å²) in [5.41, 5.74) is 5.29. The van der Waals surface area contributed by atoms with Crippen LogP contribution in [0, 0.1) is 10.1 Å². The number of amidine groups is 1. The number of nitrogens with two attached hydrogens (primary N) is 1. The Labute approximate surface area is 85.1 Å². The Hall–Kier alpha value is -2.12. The molecule has 0 amide bonds. The lowest BCUT2D eigenvalue weighted by molar-refractivity contribution is -0.385. The van der Waals surface area contributed by atoms with Crippen molar-refractivity contribution >= 4 is 11.5 Å². The molecule has 0 spiro atoms. The van der Waals surface area contributed by atoms with Crippen molar-refractivity contribution in [2.45, 2.75) is 19.4 Å². The molecule has 0 fully saturated rings.